The van der Waals surface area contributed by atoms with Crippen LogP contribution < -0.4 is 0 Å². The molecule has 0 saturated carbocycles. The van der Waals surface area contributed by atoms with E-state index in [1.165, 1.54) is 0 Å². The number of aryl methyl sites for hydroxylation is 2. The fourth-order valence-corrected chi connectivity index (χ4v) is 2.55. The smallest absolute Gasteiger partial charge is 0.254 e. The molecule has 1 aromatic carbocycles. The minimum atomic E-state index is -0.479. The first-order valence-electron chi connectivity index (χ1n) is 6.41. The summed E-state index contributed by atoms with van der Waals surface area (Å²) in [6, 6.07) is 5.91. The highest BCUT2D eigenvalue weighted by Gasteiger charge is 2.43. The Morgan fingerprint density at radius 1 is 1.39 bits per heavy atom. The van der Waals surface area contributed by atoms with Gasteiger partial charge in [0, 0.05) is 12.1 Å². The fraction of sp³-hybridized carbons (Fsp3) is 0.533. The number of hydrogen-bond donors (Lipinski definition) is 1. The van der Waals surface area contributed by atoms with Crippen molar-refractivity contribution < 1.29 is 9.90 Å². The number of rotatable bonds is 1. The van der Waals surface area contributed by atoms with Gasteiger partial charge in [-0.1, -0.05) is 17.7 Å². The predicted octanol–water partition coefficient (Wildman–Crippen LogP) is 2.29. The first kappa shape index (κ1) is 13.1. The van der Waals surface area contributed by atoms with Gasteiger partial charge in [-0.25, -0.2) is 0 Å². The van der Waals surface area contributed by atoms with Crippen molar-refractivity contribution in [1.29, 1.82) is 0 Å². The van der Waals surface area contributed by atoms with E-state index in [9.17, 15) is 9.90 Å². The van der Waals surface area contributed by atoms with Crippen molar-refractivity contribution in [2.75, 3.05) is 6.54 Å². The van der Waals surface area contributed by atoms with Crippen molar-refractivity contribution in [2.45, 2.75) is 45.8 Å². The highest BCUT2D eigenvalue weighted by atomic mass is 16.3. The van der Waals surface area contributed by atoms with Crippen LogP contribution in [0, 0.1) is 13.8 Å². The van der Waals surface area contributed by atoms with Gasteiger partial charge in [0.05, 0.1) is 11.6 Å². The number of aliphatic hydroxyl groups is 1. The molecule has 2 rings (SSSR count). The Labute approximate surface area is 108 Å². The average Bonchev–Trinajstić information content (AvgIpc) is 2.57. The van der Waals surface area contributed by atoms with Crippen LogP contribution in [0.5, 0.6) is 0 Å². The van der Waals surface area contributed by atoms with E-state index in [0.29, 0.717) is 13.0 Å². The monoisotopic (exact) mass is 247 g/mol. The lowest BCUT2D eigenvalue weighted by molar-refractivity contribution is 0.0393. The summed E-state index contributed by atoms with van der Waals surface area (Å²) < 4.78 is 0. The standard InChI is InChI=1S/C15H21NO2/c1-10-5-6-11(2)12(9-10)14(18)16-8-7-13(17)15(16,3)4/h5-6,9,13,17H,7-8H2,1-4H3. The van der Waals surface area contributed by atoms with Crippen molar-refractivity contribution in [3.8, 4) is 0 Å². The van der Waals surface area contributed by atoms with E-state index in [1.807, 2.05) is 45.9 Å². The maximum absolute atomic E-state index is 12.6. The molecule has 1 aromatic rings. The van der Waals surface area contributed by atoms with Crippen molar-refractivity contribution in [1.82, 2.24) is 4.90 Å². The van der Waals surface area contributed by atoms with Crippen LogP contribution in [0.4, 0.5) is 0 Å². The summed E-state index contributed by atoms with van der Waals surface area (Å²) in [6.07, 6.45) is 0.218. The van der Waals surface area contributed by atoms with E-state index in [1.54, 1.807) is 4.90 Å². The number of benzene rings is 1. The van der Waals surface area contributed by atoms with Crippen molar-refractivity contribution in [3.63, 3.8) is 0 Å². The molecule has 1 atom stereocenters. The lowest BCUT2D eigenvalue weighted by Gasteiger charge is -2.34. The van der Waals surface area contributed by atoms with Crippen molar-refractivity contribution in [3.05, 3.63) is 34.9 Å². The van der Waals surface area contributed by atoms with Gasteiger partial charge in [0.1, 0.15) is 0 Å². The molecule has 0 radical (unpaired) electrons. The van der Waals surface area contributed by atoms with E-state index >= 15 is 0 Å². The van der Waals surface area contributed by atoms with Crippen molar-refractivity contribution >= 4 is 5.91 Å². The summed E-state index contributed by atoms with van der Waals surface area (Å²) in [4.78, 5) is 14.4. The number of hydrogen-bond acceptors (Lipinski definition) is 2. The summed E-state index contributed by atoms with van der Waals surface area (Å²) in [5, 5.41) is 9.95. The van der Waals surface area contributed by atoms with Crippen LogP contribution in [-0.2, 0) is 0 Å². The van der Waals surface area contributed by atoms with Gasteiger partial charge < -0.3 is 10.0 Å². The van der Waals surface area contributed by atoms with Gasteiger partial charge in [-0.15, -0.1) is 0 Å². The van der Waals surface area contributed by atoms with E-state index in [4.69, 9.17) is 0 Å². The maximum Gasteiger partial charge on any atom is 0.254 e. The Morgan fingerprint density at radius 3 is 2.61 bits per heavy atom. The minimum Gasteiger partial charge on any atom is -0.391 e. The van der Waals surface area contributed by atoms with Gasteiger partial charge >= 0.3 is 0 Å². The number of amides is 1. The highest BCUT2D eigenvalue weighted by molar-refractivity contribution is 5.96. The maximum atomic E-state index is 12.6. The second-order valence-corrected chi connectivity index (χ2v) is 5.73. The van der Waals surface area contributed by atoms with E-state index < -0.39 is 11.6 Å². The lowest BCUT2D eigenvalue weighted by atomic mass is 9.97. The highest BCUT2D eigenvalue weighted by Crippen LogP contribution is 2.31. The Bertz CT molecular complexity index is 479. The van der Waals surface area contributed by atoms with Gasteiger partial charge in [0.25, 0.3) is 5.91 Å². The molecule has 1 amide bonds. The zero-order valence-corrected chi connectivity index (χ0v) is 11.5. The molecular weight excluding hydrogens is 226 g/mol. The minimum absolute atomic E-state index is 0.0257. The second-order valence-electron chi connectivity index (χ2n) is 5.73. The third-order valence-corrected chi connectivity index (χ3v) is 4.01. The third-order valence-electron chi connectivity index (χ3n) is 4.01. The summed E-state index contributed by atoms with van der Waals surface area (Å²) in [7, 11) is 0. The largest absolute Gasteiger partial charge is 0.391 e. The molecule has 18 heavy (non-hydrogen) atoms. The molecule has 0 aromatic heterocycles. The molecule has 0 bridgehead atoms. The number of carbonyl (C=O) groups is 1. The van der Waals surface area contributed by atoms with Gasteiger partial charge in [-0.2, -0.15) is 0 Å². The Kier molecular flexibility index (Phi) is 3.20. The molecule has 1 aliphatic rings. The van der Waals surface area contributed by atoms with Crippen LogP contribution in [0.15, 0.2) is 18.2 Å². The normalized spacial score (nSPS) is 22.3. The van der Waals surface area contributed by atoms with Crippen LogP contribution in [0.1, 0.15) is 41.8 Å². The Hall–Kier alpha value is -1.35. The summed E-state index contributed by atoms with van der Waals surface area (Å²) in [5.74, 6) is 0.0257. The fourth-order valence-electron chi connectivity index (χ4n) is 2.55. The third kappa shape index (κ3) is 2.03. The van der Waals surface area contributed by atoms with E-state index in [-0.39, 0.29) is 5.91 Å². The molecule has 98 valence electrons. The van der Waals surface area contributed by atoms with E-state index in [0.717, 1.165) is 16.7 Å². The number of carbonyl (C=O) groups excluding carboxylic acids is 1. The van der Waals surface area contributed by atoms with Gasteiger partial charge in [-0.3, -0.25) is 4.79 Å². The molecule has 1 saturated heterocycles. The second kappa shape index (κ2) is 4.39. The molecule has 3 heteroatoms. The average molecular weight is 247 g/mol. The number of nitrogens with zero attached hydrogens (tertiary/aromatic N) is 1. The summed E-state index contributed by atoms with van der Waals surface area (Å²) >= 11 is 0. The zero-order valence-electron chi connectivity index (χ0n) is 11.5. The SMILES string of the molecule is Cc1ccc(C)c(C(=O)N2CCC(O)C2(C)C)c1. The number of aliphatic hydroxyl groups excluding tert-OH is 1. The molecule has 0 aliphatic carbocycles. The molecular formula is C15H21NO2. The predicted molar refractivity (Wildman–Crippen MR) is 71.7 cm³/mol. The van der Waals surface area contributed by atoms with Crippen LogP contribution in [0.3, 0.4) is 0 Å². The summed E-state index contributed by atoms with van der Waals surface area (Å²) in [5.41, 5.74) is 2.34. The quantitative estimate of drug-likeness (QED) is 0.827. The molecule has 1 aliphatic heterocycles. The Morgan fingerprint density at radius 2 is 2.06 bits per heavy atom. The summed E-state index contributed by atoms with van der Waals surface area (Å²) in [6.45, 7) is 8.41. The molecule has 0 spiro atoms. The first-order valence-corrected chi connectivity index (χ1v) is 6.41. The van der Waals surface area contributed by atoms with Gasteiger partial charge in [0.15, 0.2) is 0 Å². The van der Waals surface area contributed by atoms with Gasteiger partial charge in [0.2, 0.25) is 0 Å². The van der Waals surface area contributed by atoms with Crippen LogP contribution in [-0.4, -0.2) is 34.1 Å². The zero-order chi connectivity index (χ0) is 13.5. The number of likely N-dealkylation sites (tertiary alicyclic amines) is 1. The molecule has 3 nitrogen and oxygen atoms in total. The van der Waals surface area contributed by atoms with E-state index in [2.05, 4.69) is 0 Å². The first-order chi connectivity index (χ1) is 8.34. The Balaban J connectivity index is 2.35. The molecule has 1 fully saturated rings. The molecule has 1 N–H and O–H groups in total. The lowest BCUT2D eigenvalue weighted by Crippen LogP contribution is -2.48. The van der Waals surface area contributed by atoms with Crippen LogP contribution in [0.25, 0.3) is 0 Å². The topological polar surface area (TPSA) is 40.5 Å². The van der Waals surface area contributed by atoms with Crippen molar-refractivity contribution in [2.24, 2.45) is 0 Å². The van der Waals surface area contributed by atoms with Gasteiger partial charge in [-0.05, 0) is 45.7 Å². The molecule has 1 unspecified atom stereocenters. The van der Waals surface area contributed by atoms with Crippen LogP contribution >= 0.6 is 0 Å². The molecule has 1 heterocycles. The van der Waals surface area contributed by atoms with Crippen LogP contribution in [0.2, 0.25) is 0 Å².